The Morgan fingerprint density at radius 1 is 1.04 bits per heavy atom. The lowest BCUT2D eigenvalue weighted by Crippen LogP contribution is -2.67. The number of nitrogens with one attached hydrogen (secondary N) is 2. The second-order valence-corrected chi connectivity index (χ2v) is 13.8. The first kappa shape index (κ1) is 40.2. The Morgan fingerprint density at radius 2 is 1.79 bits per heavy atom. The van der Waals surface area contributed by atoms with Crippen LogP contribution in [0.25, 0.3) is 0 Å². The number of phenols is 1. The van der Waals surface area contributed by atoms with Crippen LogP contribution in [-0.2, 0) is 30.7 Å². The number of aromatic hydroxyl groups is 1. The molecule has 2 heterocycles. The summed E-state index contributed by atoms with van der Waals surface area (Å²) in [7, 11) is 2.76. The van der Waals surface area contributed by atoms with Gasteiger partial charge in [0.05, 0.1) is 37.3 Å². The Bertz CT molecular complexity index is 2080. The van der Waals surface area contributed by atoms with E-state index in [9.17, 15) is 40.2 Å². The Hall–Kier alpha value is -5.49. The van der Waals surface area contributed by atoms with Gasteiger partial charge in [0.1, 0.15) is 41.2 Å². The summed E-state index contributed by atoms with van der Waals surface area (Å²) >= 11 is 0. The quantitative estimate of drug-likeness (QED) is 0.0640. The molecule has 0 saturated carbocycles. The lowest BCUT2D eigenvalue weighted by molar-refractivity contribution is -0.314. The normalized spacial score (nSPS) is 23.4. The zero-order valence-corrected chi connectivity index (χ0v) is 31.0. The number of allylic oxidation sites excluding steroid dienone is 2. The average Bonchev–Trinajstić information content (AvgIpc) is 3.20. The van der Waals surface area contributed by atoms with E-state index in [0.717, 1.165) is 11.1 Å². The van der Waals surface area contributed by atoms with Gasteiger partial charge in [-0.3, -0.25) is 14.6 Å². The minimum atomic E-state index is -2.15. The summed E-state index contributed by atoms with van der Waals surface area (Å²) in [4.78, 5) is 33.1. The van der Waals surface area contributed by atoms with Gasteiger partial charge in [0.2, 0.25) is 12.1 Å². The molecular formula is C40H47N5O11. The summed E-state index contributed by atoms with van der Waals surface area (Å²) in [6.07, 6.45) is -2.63. The molecule has 1 saturated heterocycles. The van der Waals surface area contributed by atoms with Gasteiger partial charge in [0.25, 0.3) is 0 Å². The van der Waals surface area contributed by atoms with Crippen molar-refractivity contribution in [2.75, 3.05) is 27.3 Å². The number of aryl methyl sites for hydroxylation is 2. The second-order valence-electron chi connectivity index (χ2n) is 13.8. The molecular weight excluding hydrogens is 726 g/mol. The molecule has 0 bridgehead atoms. The molecule has 3 aliphatic rings. The van der Waals surface area contributed by atoms with Crippen molar-refractivity contribution in [3.8, 4) is 17.2 Å². The maximum absolute atomic E-state index is 14.6. The highest BCUT2D eigenvalue weighted by atomic mass is 16.7. The number of phenolic OH excluding ortho intramolecular Hbond substituents is 1. The molecule has 2 aliphatic heterocycles. The molecule has 0 radical (unpaired) electrons. The molecule has 298 valence electrons. The van der Waals surface area contributed by atoms with Crippen LogP contribution in [0.5, 0.6) is 17.2 Å². The highest BCUT2D eigenvalue weighted by molar-refractivity contribution is 6.31. The molecule has 5 atom stereocenters. The molecule has 5 unspecified atom stereocenters. The number of hydrogen-bond acceptors (Lipinski definition) is 14. The third-order valence-corrected chi connectivity index (χ3v) is 10.6. The number of carbonyl (C=O) groups excluding carboxylic acids is 2. The highest BCUT2D eigenvalue weighted by Gasteiger charge is 2.55. The molecule has 6 rings (SSSR count). The number of rotatable bonds is 13. The van der Waals surface area contributed by atoms with Gasteiger partial charge >= 0.3 is 0 Å². The molecule has 1 aliphatic carbocycles. The van der Waals surface area contributed by atoms with Crippen LogP contribution < -0.4 is 31.6 Å². The predicted octanol–water partition coefficient (Wildman–Crippen LogP) is 0.147. The highest BCUT2D eigenvalue weighted by Crippen LogP contribution is 2.45. The van der Waals surface area contributed by atoms with Crippen molar-refractivity contribution in [1.82, 2.24) is 10.6 Å². The van der Waals surface area contributed by atoms with E-state index in [2.05, 4.69) is 15.6 Å². The Kier molecular flexibility index (Phi) is 12.0. The standard InChI is InChI=1S/C40H47N5O11/c1-43-39(42)45-17-24-22(9-8-20-6-4-3-5-7-20)15-23-31(34(24)49)35(50)32-27(16-26(54-2)25(18-46)30(32)33(23)48)55-38-36(51)37(52)40(53,28(19-47)56-38)12-10-21-11-13-44-29(41)14-21/h3-7,11,14-16,28,36-38,44,46-47,49,51-53H,8-10,12-13,17-19,41H2,1-2H3,(H3,42,43,45). The maximum atomic E-state index is 14.6. The van der Waals surface area contributed by atoms with E-state index in [4.69, 9.17) is 25.7 Å². The van der Waals surface area contributed by atoms with Gasteiger partial charge in [0.15, 0.2) is 11.7 Å². The van der Waals surface area contributed by atoms with Gasteiger partial charge in [-0.2, -0.15) is 0 Å². The first-order valence-electron chi connectivity index (χ1n) is 18.1. The second kappa shape index (κ2) is 16.7. The summed E-state index contributed by atoms with van der Waals surface area (Å²) in [5.41, 5.74) is 11.1. The third kappa shape index (κ3) is 7.54. The number of hydrogen-bond donors (Lipinski definition) is 10. The molecule has 12 N–H and O–H groups in total. The molecule has 0 aromatic heterocycles. The summed E-state index contributed by atoms with van der Waals surface area (Å²) in [6.45, 7) is -1.10. The van der Waals surface area contributed by atoms with Gasteiger partial charge in [-0.15, -0.1) is 0 Å². The number of aliphatic hydroxyl groups is 5. The molecule has 3 aromatic carbocycles. The summed E-state index contributed by atoms with van der Waals surface area (Å²) in [5, 5.41) is 72.7. The number of carbonyl (C=O) groups is 2. The van der Waals surface area contributed by atoms with Crippen LogP contribution in [-0.4, -0.2) is 106 Å². The predicted molar refractivity (Wildman–Crippen MR) is 203 cm³/mol. The SMILES string of the molecule is CN=C(N)NCc1c(CCc2ccccc2)cc2c(c1O)C(=O)c1c(OC3OC(CO)C(O)(CCC4=CCNC(N)=C4)C(O)C3O)cc(OC)c(CO)c1C2=O. The number of nitrogens with two attached hydrogens (primary N) is 2. The average molecular weight is 774 g/mol. The molecule has 3 aromatic rings. The van der Waals surface area contributed by atoms with E-state index in [1.165, 1.54) is 20.2 Å². The van der Waals surface area contributed by atoms with Gasteiger partial charge < -0.3 is 67.0 Å². The van der Waals surface area contributed by atoms with Gasteiger partial charge in [-0.1, -0.05) is 36.4 Å². The van der Waals surface area contributed by atoms with Crippen LogP contribution in [0.15, 0.2) is 71.0 Å². The van der Waals surface area contributed by atoms with Gasteiger partial charge in [0, 0.05) is 48.5 Å². The third-order valence-electron chi connectivity index (χ3n) is 10.6. The van der Waals surface area contributed by atoms with Crippen molar-refractivity contribution >= 4 is 17.5 Å². The first-order valence-corrected chi connectivity index (χ1v) is 18.1. The number of ether oxygens (including phenoxy) is 3. The van der Waals surface area contributed by atoms with E-state index in [-0.39, 0.29) is 64.7 Å². The minimum absolute atomic E-state index is 0.0310. The van der Waals surface area contributed by atoms with E-state index < -0.39 is 60.7 Å². The molecule has 1 fully saturated rings. The minimum Gasteiger partial charge on any atom is -0.507 e. The zero-order valence-electron chi connectivity index (χ0n) is 31.0. The molecule has 16 heteroatoms. The smallest absolute Gasteiger partial charge is 0.229 e. The van der Waals surface area contributed by atoms with Gasteiger partial charge in [-0.05, 0) is 54.5 Å². The fourth-order valence-corrected chi connectivity index (χ4v) is 7.47. The van der Waals surface area contributed by atoms with Gasteiger partial charge in [-0.25, -0.2) is 0 Å². The number of nitrogens with zero attached hydrogens (tertiary/aromatic N) is 1. The fourth-order valence-electron chi connectivity index (χ4n) is 7.47. The summed E-state index contributed by atoms with van der Waals surface area (Å²) in [6, 6.07) is 12.3. The van der Waals surface area contributed by atoms with E-state index in [1.54, 1.807) is 12.1 Å². The van der Waals surface area contributed by atoms with Crippen LogP contribution in [0, 0.1) is 0 Å². The number of fused-ring (bicyclic) bond motifs is 2. The lowest BCUT2D eigenvalue weighted by atomic mass is 9.78. The molecule has 0 spiro atoms. The van der Waals surface area contributed by atoms with Crippen molar-refractivity contribution in [2.24, 2.45) is 16.5 Å². The maximum Gasteiger partial charge on any atom is 0.229 e. The fraction of sp³-hybridized carbons (Fsp3) is 0.375. The van der Waals surface area contributed by atoms with E-state index in [1.807, 2.05) is 36.4 Å². The van der Waals surface area contributed by atoms with Crippen molar-refractivity contribution in [3.63, 3.8) is 0 Å². The number of dihydropyridines is 1. The van der Waals surface area contributed by atoms with Crippen LogP contribution in [0.4, 0.5) is 0 Å². The Morgan fingerprint density at radius 3 is 2.45 bits per heavy atom. The van der Waals surface area contributed by atoms with Crippen LogP contribution >= 0.6 is 0 Å². The number of aliphatic hydroxyl groups excluding tert-OH is 4. The summed E-state index contributed by atoms with van der Waals surface area (Å²) in [5.74, 6) is -1.95. The summed E-state index contributed by atoms with van der Waals surface area (Å²) < 4.78 is 17.4. The van der Waals surface area contributed by atoms with Crippen LogP contribution in [0.3, 0.4) is 0 Å². The van der Waals surface area contributed by atoms with E-state index in [0.29, 0.717) is 36.3 Å². The van der Waals surface area contributed by atoms with Crippen molar-refractivity contribution in [1.29, 1.82) is 0 Å². The number of aliphatic imine (C=N–C) groups is 1. The number of benzene rings is 3. The number of guanidine groups is 1. The van der Waals surface area contributed by atoms with Crippen LogP contribution in [0.2, 0.25) is 0 Å². The van der Waals surface area contributed by atoms with Crippen molar-refractivity contribution < 1.29 is 54.4 Å². The molecule has 0 amide bonds. The topological polar surface area (TPSA) is 272 Å². The number of methoxy groups -OCH3 is 1. The van der Waals surface area contributed by atoms with Crippen LogP contribution in [0.1, 0.15) is 66.9 Å². The first-order chi connectivity index (χ1) is 26.9. The van der Waals surface area contributed by atoms with E-state index >= 15 is 0 Å². The number of ketones is 2. The largest absolute Gasteiger partial charge is 0.507 e. The Balaban J connectivity index is 1.39. The molecule has 16 nitrogen and oxygen atoms in total. The lowest BCUT2D eigenvalue weighted by Gasteiger charge is -2.48. The zero-order chi connectivity index (χ0) is 40.3. The Labute approximate surface area is 322 Å². The van der Waals surface area contributed by atoms with Crippen molar-refractivity contribution in [3.05, 3.63) is 111 Å². The van der Waals surface area contributed by atoms with Crippen molar-refractivity contribution in [2.45, 2.75) is 69.0 Å². The monoisotopic (exact) mass is 773 g/mol. The molecule has 56 heavy (non-hydrogen) atoms.